The number of piperidine rings is 1. The van der Waals surface area contributed by atoms with E-state index in [9.17, 15) is 9.59 Å². The Labute approximate surface area is 137 Å². The molecule has 3 unspecified atom stereocenters. The summed E-state index contributed by atoms with van der Waals surface area (Å²) in [7, 11) is 1.27. The van der Waals surface area contributed by atoms with E-state index in [0.717, 1.165) is 12.8 Å². The number of methoxy groups -OCH3 is 1. The van der Waals surface area contributed by atoms with Crippen LogP contribution in [0, 0.1) is 0 Å². The third-order valence-electron chi connectivity index (χ3n) is 5.34. The summed E-state index contributed by atoms with van der Waals surface area (Å²) >= 11 is 0. The molecule has 2 aliphatic rings. The first-order chi connectivity index (χ1) is 10.7. The predicted molar refractivity (Wildman–Crippen MR) is 83.2 cm³/mol. The summed E-state index contributed by atoms with van der Waals surface area (Å²) in [4.78, 5) is 23.3. The lowest BCUT2D eigenvalue weighted by molar-refractivity contribution is -0.257. The average molecular weight is 328 g/mol. The smallest absolute Gasteiger partial charge is 0.338 e. The Balaban J connectivity index is 2.38. The molecule has 0 aromatic rings. The van der Waals surface area contributed by atoms with E-state index in [1.54, 1.807) is 0 Å². The van der Waals surface area contributed by atoms with E-state index >= 15 is 0 Å². The number of esters is 1. The maximum absolute atomic E-state index is 11.9. The number of carbonyl (C=O) groups excluding carboxylic acids is 2. The number of hydrogen-bond acceptors (Lipinski definition) is 7. The minimum atomic E-state index is -1.02. The summed E-state index contributed by atoms with van der Waals surface area (Å²) in [6, 6.07) is 0. The highest BCUT2D eigenvalue weighted by Gasteiger charge is 2.61. The number of rotatable bonds is 4. The van der Waals surface area contributed by atoms with Gasteiger partial charge in [0, 0.05) is 23.9 Å². The maximum atomic E-state index is 11.9. The minimum Gasteiger partial charge on any atom is -0.467 e. The highest BCUT2D eigenvalue weighted by Crippen LogP contribution is 2.50. The van der Waals surface area contributed by atoms with Gasteiger partial charge >= 0.3 is 5.97 Å². The molecule has 2 heterocycles. The van der Waals surface area contributed by atoms with Crippen LogP contribution in [0.25, 0.3) is 0 Å². The molecule has 23 heavy (non-hydrogen) atoms. The van der Waals surface area contributed by atoms with Gasteiger partial charge in [-0.2, -0.15) is 0 Å². The number of aldehydes is 1. The molecule has 2 N–H and O–H groups in total. The molecule has 2 fully saturated rings. The monoisotopic (exact) mass is 328 g/mol. The molecule has 0 amide bonds. The molecule has 0 aliphatic carbocycles. The molecule has 0 aromatic carbocycles. The van der Waals surface area contributed by atoms with Gasteiger partial charge in [0.05, 0.1) is 7.11 Å². The molecule has 0 saturated carbocycles. The molecule has 2 saturated heterocycles. The zero-order valence-electron chi connectivity index (χ0n) is 14.6. The molecule has 1 spiro atoms. The molecule has 7 nitrogen and oxygen atoms in total. The van der Waals surface area contributed by atoms with Gasteiger partial charge in [-0.1, -0.05) is 13.8 Å². The van der Waals surface area contributed by atoms with Crippen molar-refractivity contribution in [1.29, 1.82) is 0 Å². The van der Waals surface area contributed by atoms with Crippen molar-refractivity contribution in [3.63, 3.8) is 0 Å². The Hall–Kier alpha value is -1.02. The Bertz CT molecular complexity index is 477. The third kappa shape index (κ3) is 2.91. The van der Waals surface area contributed by atoms with Crippen LogP contribution in [0.4, 0.5) is 0 Å². The summed E-state index contributed by atoms with van der Waals surface area (Å²) < 4.78 is 16.7. The van der Waals surface area contributed by atoms with E-state index in [-0.39, 0.29) is 5.54 Å². The van der Waals surface area contributed by atoms with Crippen LogP contribution in [0.2, 0.25) is 0 Å². The van der Waals surface area contributed by atoms with Gasteiger partial charge in [0.2, 0.25) is 0 Å². The van der Waals surface area contributed by atoms with E-state index < -0.39 is 29.5 Å². The molecule has 0 aromatic heterocycles. The molecule has 3 atom stereocenters. The minimum absolute atomic E-state index is 0.319. The van der Waals surface area contributed by atoms with Crippen LogP contribution in [0.5, 0.6) is 0 Å². The van der Waals surface area contributed by atoms with Crippen LogP contribution in [0.15, 0.2) is 0 Å². The summed E-state index contributed by atoms with van der Waals surface area (Å²) in [6.45, 7) is 8.18. The van der Waals surface area contributed by atoms with Gasteiger partial charge in [-0.25, -0.2) is 9.80 Å². The van der Waals surface area contributed by atoms with Crippen molar-refractivity contribution in [2.24, 2.45) is 5.84 Å². The van der Waals surface area contributed by atoms with E-state index in [0.29, 0.717) is 19.1 Å². The van der Waals surface area contributed by atoms with E-state index in [1.807, 2.05) is 18.9 Å². The van der Waals surface area contributed by atoms with Crippen molar-refractivity contribution in [3.8, 4) is 0 Å². The van der Waals surface area contributed by atoms with Crippen molar-refractivity contribution in [3.05, 3.63) is 0 Å². The summed E-state index contributed by atoms with van der Waals surface area (Å²) in [6.07, 6.45) is 1.23. The Kier molecular flexibility index (Phi) is 4.88. The topological polar surface area (TPSA) is 91.1 Å². The quantitative estimate of drug-likeness (QED) is 0.470. The number of nitrogens with two attached hydrogens (primary N) is 1. The Morgan fingerprint density at radius 2 is 1.91 bits per heavy atom. The van der Waals surface area contributed by atoms with Crippen LogP contribution in [-0.4, -0.2) is 53.4 Å². The van der Waals surface area contributed by atoms with E-state index in [2.05, 4.69) is 13.8 Å². The van der Waals surface area contributed by atoms with Crippen molar-refractivity contribution >= 4 is 12.3 Å². The summed E-state index contributed by atoms with van der Waals surface area (Å²) in [5, 5.41) is 1.89. The molecule has 2 rings (SSSR count). The third-order valence-corrected chi connectivity index (χ3v) is 5.34. The van der Waals surface area contributed by atoms with Crippen LogP contribution in [-0.2, 0) is 23.8 Å². The molecule has 0 bridgehead atoms. The van der Waals surface area contributed by atoms with Crippen molar-refractivity contribution in [2.75, 3.05) is 7.11 Å². The zero-order chi connectivity index (χ0) is 17.5. The van der Waals surface area contributed by atoms with E-state index in [1.165, 1.54) is 7.11 Å². The van der Waals surface area contributed by atoms with Gasteiger partial charge in [-0.15, -0.1) is 0 Å². The summed E-state index contributed by atoms with van der Waals surface area (Å²) in [5.74, 6) is 4.82. The highest BCUT2D eigenvalue weighted by molar-refractivity contribution is 5.80. The molecule has 0 radical (unpaired) electrons. The number of carbonyl (C=O) groups is 2. The second-order valence-corrected chi connectivity index (χ2v) is 7.16. The first-order valence-electron chi connectivity index (χ1n) is 8.13. The van der Waals surface area contributed by atoms with Crippen molar-refractivity contribution < 1.29 is 23.8 Å². The van der Waals surface area contributed by atoms with Gasteiger partial charge in [0.15, 0.2) is 24.3 Å². The second-order valence-electron chi connectivity index (χ2n) is 7.16. The first kappa shape index (κ1) is 18.3. The maximum Gasteiger partial charge on any atom is 0.338 e. The molecule has 132 valence electrons. The van der Waals surface area contributed by atoms with Crippen LogP contribution >= 0.6 is 0 Å². The second kappa shape index (κ2) is 6.12. The molecule has 7 heteroatoms. The fourth-order valence-electron chi connectivity index (χ4n) is 4.08. The lowest BCUT2D eigenvalue weighted by Crippen LogP contribution is -2.70. The highest BCUT2D eigenvalue weighted by atomic mass is 16.8. The van der Waals surface area contributed by atoms with Gasteiger partial charge < -0.3 is 19.0 Å². The molecule has 2 aliphatic heterocycles. The van der Waals surface area contributed by atoms with Crippen LogP contribution < -0.4 is 5.84 Å². The van der Waals surface area contributed by atoms with Crippen LogP contribution in [0.3, 0.4) is 0 Å². The Morgan fingerprint density at radius 3 is 2.39 bits per heavy atom. The van der Waals surface area contributed by atoms with Gasteiger partial charge in [0.1, 0.15) is 0 Å². The normalized spacial score (nSPS) is 36.1. The van der Waals surface area contributed by atoms with Crippen molar-refractivity contribution in [1.82, 2.24) is 5.01 Å². The average Bonchev–Trinajstić information content (AvgIpc) is 2.88. The number of hydrogen-bond donors (Lipinski definition) is 1. The number of ether oxygens (including phenoxy) is 3. The molecular formula is C16H28N2O5. The van der Waals surface area contributed by atoms with Crippen molar-refractivity contribution in [2.45, 2.75) is 82.5 Å². The SMILES string of the molecule is CCC1(CC)CC2(CC(C)(C)N1N)OC(C=O)C(C(=O)OC)O2. The number of hydrazine groups is 1. The van der Waals surface area contributed by atoms with Gasteiger partial charge in [-0.05, 0) is 26.7 Å². The standard InChI is InChI=1S/C16H28N2O5/c1-6-15(7-2)10-16(9-14(3,4)18(15)17)22-11(8-19)12(23-16)13(20)21-5/h8,11-12H,6-7,9-10,17H2,1-5H3. The fraction of sp³-hybridized carbons (Fsp3) is 0.875. The first-order valence-corrected chi connectivity index (χ1v) is 8.13. The largest absolute Gasteiger partial charge is 0.467 e. The molecular weight excluding hydrogens is 300 g/mol. The predicted octanol–water partition coefficient (Wildman–Crippen LogP) is 1.15. The summed E-state index contributed by atoms with van der Waals surface area (Å²) in [5.41, 5.74) is -0.719. The fourth-order valence-corrected chi connectivity index (χ4v) is 4.08. The lowest BCUT2D eigenvalue weighted by Gasteiger charge is -2.57. The van der Waals surface area contributed by atoms with Gasteiger partial charge in [0.25, 0.3) is 0 Å². The number of nitrogens with zero attached hydrogens (tertiary/aromatic N) is 1. The lowest BCUT2D eigenvalue weighted by atomic mass is 9.73. The van der Waals surface area contributed by atoms with Crippen LogP contribution in [0.1, 0.15) is 53.4 Å². The Morgan fingerprint density at radius 1 is 1.30 bits per heavy atom. The zero-order valence-corrected chi connectivity index (χ0v) is 14.6. The van der Waals surface area contributed by atoms with E-state index in [4.69, 9.17) is 20.1 Å². The van der Waals surface area contributed by atoms with Gasteiger partial charge in [-0.3, -0.25) is 5.84 Å².